The molecule has 150 valence electrons. The molecule has 2 aliphatic heterocycles. The highest BCUT2D eigenvalue weighted by atomic mass is 16.3. The number of aromatic nitrogens is 1. The van der Waals surface area contributed by atoms with Crippen LogP contribution >= 0.6 is 0 Å². The Balaban J connectivity index is 1.67. The maximum Gasteiger partial charge on any atom is 0.246 e. The Bertz CT molecular complexity index is 929. The lowest BCUT2D eigenvalue weighted by atomic mass is 9.90. The number of imide groups is 1. The Morgan fingerprint density at radius 1 is 1.10 bits per heavy atom. The van der Waals surface area contributed by atoms with Crippen LogP contribution in [0.2, 0.25) is 0 Å². The van der Waals surface area contributed by atoms with Crippen molar-refractivity contribution in [2.45, 2.75) is 18.2 Å². The van der Waals surface area contributed by atoms with Gasteiger partial charge in [0.2, 0.25) is 11.8 Å². The lowest BCUT2D eigenvalue weighted by Crippen LogP contribution is -2.55. The molecule has 0 radical (unpaired) electrons. The smallest absolute Gasteiger partial charge is 0.246 e. The Morgan fingerprint density at radius 3 is 2.52 bits per heavy atom. The van der Waals surface area contributed by atoms with E-state index in [0.29, 0.717) is 11.4 Å². The van der Waals surface area contributed by atoms with Gasteiger partial charge in [-0.1, -0.05) is 30.4 Å². The second kappa shape index (κ2) is 7.65. The number of aliphatic hydroxyl groups is 1. The molecule has 3 N–H and O–H groups in total. The molecule has 8 nitrogen and oxygen atoms in total. The van der Waals surface area contributed by atoms with Crippen LogP contribution in [0.5, 0.6) is 0 Å². The highest BCUT2D eigenvalue weighted by Crippen LogP contribution is 2.33. The van der Waals surface area contributed by atoms with E-state index in [9.17, 15) is 14.7 Å². The first kappa shape index (κ1) is 19.1. The van der Waals surface area contributed by atoms with Crippen LogP contribution in [0.4, 0.5) is 11.5 Å². The van der Waals surface area contributed by atoms with Gasteiger partial charge in [0.05, 0.1) is 18.1 Å². The molecule has 1 aromatic carbocycles. The molecular formula is C21H23N5O3. The third kappa shape index (κ3) is 3.59. The molecule has 8 heteroatoms. The van der Waals surface area contributed by atoms with E-state index in [1.165, 1.54) is 0 Å². The summed E-state index contributed by atoms with van der Waals surface area (Å²) in [6.07, 6.45) is 4.18. The zero-order valence-corrected chi connectivity index (χ0v) is 16.2. The highest BCUT2D eigenvalue weighted by Gasteiger charge is 2.49. The number of anilines is 2. The average Bonchev–Trinajstić information content (AvgIpc) is 3.02. The molecule has 4 rings (SSSR count). The van der Waals surface area contributed by atoms with Crippen molar-refractivity contribution in [2.75, 3.05) is 24.4 Å². The largest absolute Gasteiger partial charge is 0.386 e. The van der Waals surface area contributed by atoms with E-state index in [0.717, 1.165) is 5.69 Å². The quantitative estimate of drug-likeness (QED) is 0.517. The first-order chi connectivity index (χ1) is 14.0. The number of benzene rings is 1. The van der Waals surface area contributed by atoms with E-state index < -0.39 is 30.0 Å². The molecule has 2 aromatic rings. The van der Waals surface area contributed by atoms with E-state index in [-0.39, 0.29) is 5.91 Å². The zero-order valence-electron chi connectivity index (χ0n) is 16.2. The number of carbonyl (C=O) groups excluding carboxylic acids is 2. The van der Waals surface area contributed by atoms with Crippen molar-refractivity contribution < 1.29 is 14.7 Å². The Morgan fingerprint density at radius 2 is 1.86 bits per heavy atom. The predicted octanol–water partition coefficient (Wildman–Crippen LogP) is 1.09. The number of hydrogen-bond donors (Lipinski definition) is 3. The van der Waals surface area contributed by atoms with E-state index >= 15 is 0 Å². The minimum absolute atomic E-state index is 0.340. The van der Waals surface area contributed by atoms with Gasteiger partial charge in [0.15, 0.2) is 0 Å². The second-order valence-corrected chi connectivity index (χ2v) is 7.36. The van der Waals surface area contributed by atoms with E-state index in [1.54, 1.807) is 35.5 Å². The molecule has 2 amide bonds. The van der Waals surface area contributed by atoms with E-state index in [1.807, 2.05) is 49.3 Å². The summed E-state index contributed by atoms with van der Waals surface area (Å²) < 4.78 is 0. The minimum Gasteiger partial charge on any atom is -0.386 e. The number of hydrogen-bond acceptors (Lipinski definition) is 7. The fourth-order valence-electron chi connectivity index (χ4n) is 3.72. The van der Waals surface area contributed by atoms with Crippen molar-refractivity contribution in [1.82, 2.24) is 15.3 Å². The third-order valence-corrected chi connectivity index (χ3v) is 5.28. The Labute approximate surface area is 168 Å². The summed E-state index contributed by atoms with van der Waals surface area (Å²) >= 11 is 0. The summed E-state index contributed by atoms with van der Waals surface area (Å²) in [5, 5.41) is 15.1. The second-order valence-electron chi connectivity index (χ2n) is 7.36. The summed E-state index contributed by atoms with van der Waals surface area (Å²) in [6, 6.07) is 11.6. The van der Waals surface area contributed by atoms with Crippen molar-refractivity contribution >= 4 is 23.3 Å². The fourth-order valence-corrected chi connectivity index (χ4v) is 3.72. The van der Waals surface area contributed by atoms with Crippen LogP contribution in [-0.2, 0) is 9.59 Å². The maximum absolute atomic E-state index is 12.5. The monoisotopic (exact) mass is 393 g/mol. The van der Waals surface area contributed by atoms with E-state index in [4.69, 9.17) is 0 Å². The molecule has 0 bridgehead atoms. The number of aliphatic hydroxyl groups excluding tert-OH is 1. The van der Waals surface area contributed by atoms with Crippen LogP contribution in [0, 0.1) is 5.92 Å². The number of nitrogens with zero attached hydrogens (tertiary/aromatic N) is 3. The number of nitrogens with one attached hydrogen (secondary N) is 2. The van der Waals surface area contributed by atoms with Gasteiger partial charge in [-0.05, 0) is 29.8 Å². The van der Waals surface area contributed by atoms with Crippen LogP contribution in [-0.4, -0.2) is 53.1 Å². The van der Waals surface area contributed by atoms with Crippen molar-refractivity contribution in [2.24, 2.45) is 5.92 Å². The SMILES string of the molecule is CN(C)c1ccc(C(O)C2C=CC3C(=O)NC(=O)C3N2Nc2ccccn2)cc1. The summed E-state index contributed by atoms with van der Waals surface area (Å²) in [7, 11) is 3.90. The lowest BCUT2D eigenvalue weighted by Gasteiger charge is -2.40. The van der Waals surface area contributed by atoms with E-state index in [2.05, 4.69) is 15.7 Å². The summed E-state index contributed by atoms with van der Waals surface area (Å²) in [5.41, 5.74) is 4.85. The first-order valence-corrected chi connectivity index (χ1v) is 9.40. The summed E-state index contributed by atoms with van der Waals surface area (Å²) in [5.74, 6) is -0.826. The molecule has 0 aliphatic carbocycles. The highest BCUT2D eigenvalue weighted by molar-refractivity contribution is 6.08. The van der Waals surface area contributed by atoms with Gasteiger partial charge in [0, 0.05) is 26.0 Å². The molecule has 29 heavy (non-hydrogen) atoms. The maximum atomic E-state index is 12.5. The molecule has 1 aromatic heterocycles. The number of amides is 2. The van der Waals surface area contributed by atoms with Gasteiger partial charge in [-0.3, -0.25) is 14.9 Å². The zero-order chi connectivity index (χ0) is 20.5. The number of hydrazine groups is 1. The van der Waals surface area contributed by atoms with Gasteiger partial charge in [-0.25, -0.2) is 4.98 Å². The van der Waals surface area contributed by atoms with Crippen molar-refractivity contribution in [3.63, 3.8) is 0 Å². The summed E-state index contributed by atoms with van der Waals surface area (Å²) in [4.78, 5) is 30.9. The number of rotatable bonds is 5. The van der Waals surface area contributed by atoms with Crippen LogP contribution in [0.15, 0.2) is 60.8 Å². The van der Waals surface area contributed by atoms with Crippen LogP contribution in [0.3, 0.4) is 0 Å². The van der Waals surface area contributed by atoms with Gasteiger partial charge in [-0.2, -0.15) is 5.01 Å². The number of fused-ring (bicyclic) bond motifs is 1. The van der Waals surface area contributed by atoms with Crippen LogP contribution < -0.4 is 15.6 Å². The van der Waals surface area contributed by atoms with Gasteiger partial charge in [0.1, 0.15) is 11.9 Å². The number of carbonyl (C=O) groups is 2. The van der Waals surface area contributed by atoms with Crippen LogP contribution in [0.25, 0.3) is 0 Å². The molecule has 2 aliphatic rings. The Hall–Kier alpha value is -3.23. The average molecular weight is 393 g/mol. The molecule has 4 unspecified atom stereocenters. The molecular weight excluding hydrogens is 370 g/mol. The van der Waals surface area contributed by atoms with Crippen LogP contribution in [0.1, 0.15) is 11.7 Å². The van der Waals surface area contributed by atoms with Gasteiger partial charge in [0.25, 0.3) is 0 Å². The molecule has 3 heterocycles. The molecule has 1 fully saturated rings. The molecule has 0 spiro atoms. The molecule has 4 atom stereocenters. The Kier molecular flexibility index (Phi) is 5.04. The molecule has 0 saturated carbocycles. The topological polar surface area (TPSA) is 97.8 Å². The summed E-state index contributed by atoms with van der Waals surface area (Å²) in [6.45, 7) is 0. The van der Waals surface area contributed by atoms with Crippen molar-refractivity contribution in [3.8, 4) is 0 Å². The fraction of sp³-hybridized carbons (Fsp3) is 0.286. The third-order valence-electron chi connectivity index (χ3n) is 5.28. The normalized spacial score (nSPS) is 24.7. The molecule has 1 saturated heterocycles. The lowest BCUT2D eigenvalue weighted by molar-refractivity contribution is -0.126. The van der Waals surface area contributed by atoms with Gasteiger partial charge >= 0.3 is 0 Å². The standard InChI is InChI=1S/C21H23N5O3/c1-25(2)14-8-6-13(7-9-14)19(27)16-11-10-15-18(21(29)23-20(15)28)26(16)24-17-5-3-4-12-22-17/h3-12,15-16,18-19,27H,1-2H3,(H,22,24)(H,23,28,29). The van der Waals surface area contributed by atoms with Gasteiger partial charge < -0.3 is 15.4 Å². The predicted molar refractivity (Wildman–Crippen MR) is 109 cm³/mol. The first-order valence-electron chi connectivity index (χ1n) is 9.40. The minimum atomic E-state index is -0.914. The van der Waals surface area contributed by atoms with Gasteiger partial charge in [-0.15, -0.1) is 0 Å². The van der Waals surface area contributed by atoms with Crippen molar-refractivity contribution in [3.05, 3.63) is 66.4 Å². The number of pyridine rings is 1. The van der Waals surface area contributed by atoms with Crippen molar-refractivity contribution in [1.29, 1.82) is 0 Å².